The van der Waals surface area contributed by atoms with Gasteiger partial charge in [-0.3, -0.25) is 19.2 Å². The Kier molecular flexibility index (Phi) is 10.1. The number of rotatable bonds is 3. The number of aliphatic hydroxyl groups is 1. The Morgan fingerprint density at radius 3 is 2.51 bits per heavy atom. The van der Waals surface area contributed by atoms with Crippen LogP contribution in [-0.2, 0) is 9.59 Å². The van der Waals surface area contributed by atoms with Crippen molar-refractivity contribution in [3.63, 3.8) is 0 Å². The van der Waals surface area contributed by atoms with Crippen molar-refractivity contribution < 1.29 is 29.0 Å². The monoisotopic (exact) mass is 585 g/mol. The molecule has 2 aliphatic heterocycles. The van der Waals surface area contributed by atoms with Gasteiger partial charge in [-0.1, -0.05) is 17.7 Å². The number of aryl methyl sites for hydroxylation is 1. The first-order valence-electron chi connectivity index (χ1n) is 13.7. The highest BCUT2D eigenvalue weighted by atomic mass is 35.5. The summed E-state index contributed by atoms with van der Waals surface area (Å²) in [4.78, 5) is 55.6. The summed E-state index contributed by atoms with van der Waals surface area (Å²) in [6, 6.07) is 8.70. The van der Waals surface area contributed by atoms with Crippen LogP contribution in [-0.4, -0.2) is 91.7 Å². The summed E-state index contributed by atoms with van der Waals surface area (Å²) in [7, 11) is 0. The summed E-state index contributed by atoms with van der Waals surface area (Å²) < 4.78 is 5.78. The zero-order valence-electron chi connectivity index (χ0n) is 23.2. The van der Waals surface area contributed by atoms with E-state index in [0.717, 1.165) is 37.2 Å². The molecule has 0 aliphatic carbocycles. The zero-order chi connectivity index (χ0) is 29.5. The van der Waals surface area contributed by atoms with E-state index in [1.807, 2.05) is 13.0 Å². The third-order valence-electron chi connectivity index (χ3n) is 7.13. The Labute approximate surface area is 244 Å². The molecule has 0 radical (unpaired) electrons. The predicted octanol–water partition coefficient (Wildman–Crippen LogP) is 1.50. The molecule has 0 saturated carbocycles. The number of hydrogen-bond donors (Lipinski definition) is 4. The van der Waals surface area contributed by atoms with E-state index in [0.29, 0.717) is 16.3 Å². The van der Waals surface area contributed by atoms with Crippen LogP contribution in [0, 0.1) is 6.92 Å². The molecule has 11 nitrogen and oxygen atoms in total. The molecule has 2 aliphatic rings. The number of carbonyl (C=O) groups is 4. The van der Waals surface area contributed by atoms with Gasteiger partial charge in [0.1, 0.15) is 18.4 Å². The molecular formula is C29H36ClN5O6. The maximum absolute atomic E-state index is 13.5. The van der Waals surface area contributed by atoms with Gasteiger partial charge in [-0.2, -0.15) is 0 Å². The molecule has 4 amide bonds. The summed E-state index contributed by atoms with van der Waals surface area (Å²) in [5, 5.41) is 18.7. The molecule has 2 heterocycles. The lowest BCUT2D eigenvalue weighted by Gasteiger charge is -2.25. The number of anilines is 1. The highest BCUT2D eigenvalue weighted by Crippen LogP contribution is 2.30. The van der Waals surface area contributed by atoms with Crippen LogP contribution in [0.2, 0.25) is 5.02 Å². The maximum Gasteiger partial charge on any atom is 0.254 e. The van der Waals surface area contributed by atoms with E-state index >= 15 is 0 Å². The number of benzene rings is 2. The van der Waals surface area contributed by atoms with Gasteiger partial charge in [0.15, 0.2) is 0 Å². The summed E-state index contributed by atoms with van der Waals surface area (Å²) >= 11 is 6.53. The lowest BCUT2D eigenvalue weighted by molar-refractivity contribution is -0.125. The highest BCUT2D eigenvalue weighted by Gasteiger charge is 2.27. The fraction of sp³-hybridized carbons (Fsp3) is 0.448. The van der Waals surface area contributed by atoms with Crippen LogP contribution in [0.3, 0.4) is 0 Å². The second-order valence-corrected chi connectivity index (χ2v) is 10.7. The molecule has 220 valence electrons. The van der Waals surface area contributed by atoms with E-state index in [1.54, 1.807) is 30.3 Å². The Balaban J connectivity index is 1.53. The minimum Gasteiger partial charge on any atom is -0.491 e. The number of halogens is 1. The molecule has 2 aromatic rings. The first-order chi connectivity index (χ1) is 19.6. The van der Waals surface area contributed by atoms with E-state index in [2.05, 4.69) is 20.9 Å². The lowest BCUT2D eigenvalue weighted by atomic mass is 10.1. The number of amides is 4. The SMILES string of the molecule is Cc1ccc2cc1OCCNC(=O)CN(C(=O)c1ccc(N3CCCC3)c(Cl)c1)CCNC(=O)[C@H]([C@@H](C)O)NC2=O. The molecule has 2 atom stereocenters. The van der Waals surface area contributed by atoms with Crippen molar-refractivity contribution in [3.8, 4) is 5.75 Å². The molecule has 2 aromatic carbocycles. The van der Waals surface area contributed by atoms with Crippen molar-refractivity contribution in [3.05, 3.63) is 58.1 Å². The predicted molar refractivity (Wildman–Crippen MR) is 154 cm³/mol. The number of nitrogens with one attached hydrogen (secondary N) is 3. The van der Waals surface area contributed by atoms with Gasteiger partial charge in [-0.25, -0.2) is 0 Å². The molecule has 0 spiro atoms. The molecule has 1 saturated heterocycles. The van der Waals surface area contributed by atoms with Crippen molar-refractivity contribution in [1.82, 2.24) is 20.9 Å². The third kappa shape index (κ3) is 7.68. The first-order valence-corrected chi connectivity index (χ1v) is 14.1. The minimum absolute atomic E-state index is 0.000432. The Hall–Kier alpha value is -3.83. The topological polar surface area (TPSA) is 140 Å². The maximum atomic E-state index is 13.5. The van der Waals surface area contributed by atoms with Gasteiger partial charge in [0.2, 0.25) is 11.8 Å². The molecule has 41 heavy (non-hydrogen) atoms. The molecule has 4 rings (SSSR count). The zero-order valence-corrected chi connectivity index (χ0v) is 24.0. The fourth-order valence-electron chi connectivity index (χ4n) is 4.82. The van der Waals surface area contributed by atoms with Crippen molar-refractivity contribution in [2.75, 3.05) is 50.8 Å². The number of aliphatic hydroxyl groups excluding tert-OH is 1. The van der Waals surface area contributed by atoms with Gasteiger partial charge in [0.05, 0.1) is 29.9 Å². The van der Waals surface area contributed by atoms with E-state index < -0.39 is 35.8 Å². The van der Waals surface area contributed by atoms with Crippen LogP contribution in [0.5, 0.6) is 5.75 Å². The average Bonchev–Trinajstić information content (AvgIpc) is 3.47. The second-order valence-electron chi connectivity index (χ2n) is 10.2. The van der Waals surface area contributed by atoms with Crippen LogP contribution in [0.15, 0.2) is 36.4 Å². The normalized spacial score (nSPS) is 19.9. The molecule has 4 N–H and O–H groups in total. The lowest BCUT2D eigenvalue weighted by Crippen LogP contribution is -2.53. The Morgan fingerprint density at radius 1 is 1.05 bits per heavy atom. The number of ether oxygens (including phenoxy) is 1. The summed E-state index contributed by atoms with van der Waals surface area (Å²) in [6.45, 7) is 5.05. The molecule has 2 bridgehead atoms. The Morgan fingerprint density at radius 2 is 1.80 bits per heavy atom. The Bertz CT molecular complexity index is 1300. The third-order valence-corrected chi connectivity index (χ3v) is 7.43. The van der Waals surface area contributed by atoms with Crippen LogP contribution < -0.4 is 25.6 Å². The molecule has 1 fully saturated rings. The number of nitrogens with zero attached hydrogens (tertiary/aromatic N) is 2. The second kappa shape index (κ2) is 13.7. The van der Waals surface area contributed by atoms with Crippen molar-refractivity contribution >= 4 is 40.9 Å². The van der Waals surface area contributed by atoms with Gasteiger partial charge in [-0.05, 0) is 62.6 Å². The van der Waals surface area contributed by atoms with Gasteiger partial charge >= 0.3 is 0 Å². The number of fused-ring (bicyclic) bond motifs is 2. The smallest absolute Gasteiger partial charge is 0.254 e. The van der Waals surface area contributed by atoms with E-state index in [1.165, 1.54) is 11.8 Å². The van der Waals surface area contributed by atoms with E-state index in [-0.39, 0.29) is 38.3 Å². The quantitative estimate of drug-likeness (QED) is 0.428. The van der Waals surface area contributed by atoms with Gasteiger partial charge in [0, 0.05) is 37.3 Å². The molecule has 0 aromatic heterocycles. The summed E-state index contributed by atoms with van der Waals surface area (Å²) in [5.74, 6) is -1.57. The summed E-state index contributed by atoms with van der Waals surface area (Å²) in [6.07, 6.45) is 0.978. The van der Waals surface area contributed by atoms with Crippen LogP contribution in [0.1, 0.15) is 46.0 Å². The summed E-state index contributed by atoms with van der Waals surface area (Å²) in [5.41, 5.74) is 2.21. The average molecular weight is 586 g/mol. The van der Waals surface area contributed by atoms with Crippen LogP contribution in [0.25, 0.3) is 0 Å². The highest BCUT2D eigenvalue weighted by molar-refractivity contribution is 6.33. The van der Waals surface area contributed by atoms with Crippen molar-refractivity contribution in [2.45, 2.75) is 38.8 Å². The molecule has 12 heteroatoms. The van der Waals surface area contributed by atoms with Gasteiger partial charge in [-0.15, -0.1) is 0 Å². The molecule has 0 unspecified atom stereocenters. The fourth-order valence-corrected chi connectivity index (χ4v) is 5.12. The standard InChI is InChI=1S/C29H36ClN5O6/c1-18-5-6-20-16-24(18)41-14-10-31-25(37)17-35(13-9-32-28(39)26(19(2)36)33-27(20)38)29(40)21-7-8-23(22(30)15-21)34-11-3-4-12-34/h5-8,15-16,19,26,36H,3-4,9-14,17H2,1-2H3,(H,31,37)(H,32,39)(H,33,38)/t19-,26+/m1/s1. The van der Waals surface area contributed by atoms with E-state index in [4.69, 9.17) is 16.3 Å². The number of carbonyl (C=O) groups excluding carboxylic acids is 4. The number of hydrogen-bond acceptors (Lipinski definition) is 7. The minimum atomic E-state index is -1.24. The van der Waals surface area contributed by atoms with Crippen molar-refractivity contribution in [1.29, 1.82) is 0 Å². The largest absolute Gasteiger partial charge is 0.491 e. The van der Waals surface area contributed by atoms with Gasteiger partial charge < -0.3 is 35.6 Å². The first kappa shape index (κ1) is 30.1. The molecular weight excluding hydrogens is 550 g/mol. The van der Waals surface area contributed by atoms with Crippen LogP contribution in [0.4, 0.5) is 5.69 Å². The van der Waals surface area contributed by atoms with Crippen LogP contribution >= 0.6 is 11.6 Å². The van der Waals surface area contributed by atoms with Gasteiger partial charge in [0.25, 0.3) is 11.8 Å². The van der Waals surface area contributed by atoms with E-state index in [9.17, 15) is 24.3 Å². The van der Waals surface area contributed by atoms with Crippen molar-refractivity contribution in [2.24, 2.45) is 0 Å².